The van der Waals surface area contributed by atoms with Gasteiger partial charge in [-0.1, -0.05) is 64.2 Å². The van der Waals surface area contributed by atoms with Gasteiger partial charge in [0.05, 0.1) is 12.1 Å². The lowest BCUT2D eigenvalue weighted by Gasteiger charge is -2.12. The molecule has 5 nitrogen and oxygen atoms in total. The monoisotopic (exact) mass is 427 g/mol. The highest BCUT2D eigenvalue weighted by Gasteiger charge is 2.19. The molecule has 0 atom stereocenters. The third kappa shape index (κ3) is 5.89. The van der Waals surface area contributed by atoms with E-state index in [0.29, 0.717) is 21.9 Å². The molecule has 0 aliphatic heterocycles. The van der Waals surface area contributed by atoms with Crippen molar-refractivity contribution in [2.75, 3.05) is 14.2 Å². The smallest absolute Gasteiger partial charge is 0.360 e. The van der Waals surface area contributed by atoms with Crippen molar-refractivity contribution in [3.63, 3.8) is 0 Å². The van der Waals surface area contributed by atoms with E-state index in [9.17, 15) is 4.79 Å². The number of ether oxygens (including phenoxy) is 2. The van der Waals surface area contributed by atoms with Crippen molar-refractivity contribution in [3.8, 4) is 5.75 Å². The van der Waals surface area contributed by atoms with Gasteiger partial charge in [0.1, 0.15) is 24.0 Å². The first-order valence-corrected chi connectivity index (χ1v) is 8.82. The van der Waals surface area contributed by atoms with Crippen LogP contribution in [-0.4, -0.2) is 25.9 Å². The van der Waals surface area contributed by atoms with Crippen molar-refractivity contribution >= 4 is 52.6 Å². The summed E-state index contributed by atoms with van der Waals surface area (Å²) < 4.78 is 10.7. The Bertz CT molecular complexity index is 877. The van der Waals surface area contributed by atoms with Crippen LogP contribution in [0.5, 0.6) is 5.75 Å². The number of rotatable bonds is 7. The molecule has 0 radical (unpaired) electrons. The first kappa shape index (κ1) is 21.1. The zero-order valence-corrected chi connectivity index (χ0v) is 16.8. The van der Waals surface area contributed by atoms with Crippen molar-refractivity contribution in [3.05, 3.63) is 68.7 Å². The molecule has 0 N–H and O–H groups in total. The number of hydrogen-bond acceptors (Lipinski definition) is 5. The fourth-order valence-electron chi connectivity index (χ4n) is 2.25. The van der Waals surface area contributed by atoms with Crippen molar-refractivity contribution in [2.24, 2.45) is 5.16 Å². The predicted molar refractivity (Wildman–Crippen MR) is 107 cm³/mol. The maximum atomic E-state index is 12.0. The zero-order chi connectivity index (χ0) is 19.8. The number of methoxy groups -OCH3 is 1. The Morgan fingerprint density at radius 3 is 2.52 bits per heavy atom. The Kier molecular flexibility index (Phi) is 7.98. The second-order valence-electron chi connectivity index (χ2n) is 5.18. The third-order valence-electron chi connectivity index (χ3n) is 3.46. The average Bonchev–Trinajstić information content (AvgIpc) is 2.66. The van der Waals surface area contributed by atoms with Crippen molar-refractivity contribution in [1.82, 2.24) is 0 Å². The first-order chi connectivity index (χ1) is 13.0. The van der Waals surface area contributed by atoms with Crippen LogP contribution >= 0.6 is 34.8 Å². The summed E-state index contributed by atoms with van der Waals surface area (Å²) >= 11 is 17.5. The summed E-state index contributed by atoms with van der Waals surface area (Å²) in [4.78, 5) is 16.7. The minimum Gasteiger partial charge on any atom is -0.489 e. The number of carbonyl (C=O) groups excluding carboxylic acids is 1. The van der Waals surface area contributed by atoms with E-state index >= 15 is 0 Å². The molecule has 0 bridgehead atoms. The number of carbonyl (C=O) groups is 1. The van der Waals surface area contributed by atoms with Gasteiger partial charge in [-0.25, -0.2) is 4.79 Å². The minimum absolute atomic E-state index is 0.0504. The maximum absolute atomic E-state index is 12.0. The average molecular weight is 429 g/mol. The molecule has 0 fully saturated rings. The second-order valence-corrected chi connectivity index (χ2v) is 6.59. The lowest BCUT2D eigenvalue weighted by atomic mass is 10.0. The van der Waals surface area contributed by atoms with Crippen LogP contribution < -0.4 is 4.74 Å². The molecule has 0 aliphatic rings. The van der Waals surface area contributed by atoms with Crippen molar-refractivity contribution in [2.45, 2.75) is 6.61 Å². The summed E-state index contributed by atoms with van der Waals surface area (Å²) in [7, 11) is 2.63. The Hall–Kier alpha value is -2.21. The Morgan fingerprint density at radius 1 is 1.15 bits per heavy atom. The van der Waals surface area contributed by atoms with E-state index in [2.05, 4.69) is 5.16 Å². The summed E-state index contributed by atoms with van der Waals surface area (Å²) in [6, 6.07) is 12.3. The fraction of sp³-hybridized carbons (Fsp3) is 0.158. The van der Waals surface area contributed by atoms with Crippen LogP contribution in [0.2, 0.25) is 5.02 Å². The van der Waals surface area contributed by atoms with Gasteiger partial charge in [0.25, 0.3) is 0 Å². The molecule has 0 heterocycles. The minimum atomic E-state index is -0.610. The summed E-state index contributed by atoms with van der Waals surface area (Å²) in [5.74, 6) is -0.0672. The molecule has 0 aromatic heterocycles. The zero-order valence-electron chi connectivity index (χ0n) is 14.5. The Balaban J connectivity index is 2.24. The van der Waals surface area contributed by atoms with E-state index in [4.69, 9.17) is 49.1 Å². The summed E-state index contributed by atoms with van der Waals surface area (Å²) in [6.45, 7) is 0.178. The molecule has 0 saturated heterocycles. The van der Waals surface area contributed by atoms with Crippen LogP contribution in [0, 0.1) is 0 Å². The van der Waals surface area contributed by atoms with Gasteiger partial charge in [0.2, 0.25) is 0 Å². The SMILES string of the molecule is CO/N=C(/C(=O)OC)c1ccccc1COc1ccc(C=C(Cl)Cl)c(Cl)c1. The van der Waals surface area contributed by atoms with E-state index in [1.807, 2.05) is 12.1 Å². The molecule has 0 amide bonds. The molecule has 142 valence electrons. The number of halogens is 3. The van der Waals surface area contributed by atoms with E-state index in [1.165, 1.54) is 20.3 Å². The number of nitrogens with zero attached hydrogens (tertiary/aromatic N) is 1. The van der Waals surface area contributed by atoms with E-state index in [1.54, 1.807) is 30.3 Å². The normalized spacial score (nSPS) is 10.9. The maximum Gasteiger partial charge on any atom is 0.360 e. The second kappa shape index (κ2) is 10.2. The molecule has 0 spiro atoms. The van der Waals surface area contributed by atoms with Crippen LogP contribution in [0.3, 0.4) is 0 Å². The van der Waals surface area contributed by atoms with Gasteiger partial charge < -0.3 is 14.3 Å². The summed E-state index contributed by atoms with van der Waals surface area (Å²) in [6.07, 6.45) is 1.54. The molecule has 8 heteroatoms. The van der Waals surface area contributed by atoms with Gasteiger partial charge in [0.15, 0.2) is 5.71 Å². The van der Waals surface area contributed by atoms with Gasteiger partial charge in [0, 0.05) is 5.56 Å². The largest absolute Gasteiger partial charge is 0.489 e. The quantitative estimate of drug-likeness (QED) is 0.345. The van der Waals surface area contributed by atoms with Crippen molar-refractivity contribution < 1.29 is 19.1 Å². The summed E-state index contributed by atoms with van der Waals surface area (Å²) in [5.41, 5.74) is 1.99. The Morgan fingerprint density at radius 2 is 1.89 bits per heavy atom. The van der Waals surface area contributed by atoms with Gasteiger partial charge in [-0.3, -0.25) is 0 Å². The highest BCUT2D eigenvalue weighted by molar-refractivity contribution is 6.57. The third-order valence-corrected chi connectivity index (χ3v) is 4.01. The van der Waals surface area contributed by atoms with E-state index < -0.39 is 5.97 Å². The standard InChI is InChI=1S/C19H16Cl3NO4/c1-25-19(24)18(23-26-2)15-6-4-3-5-13(15)11-27-14-8-7-12(9-17(21)22)16(20)10-14/h3-10H,11H2,1-2H3/b23-18+. The van der Waals surface area contributed by atoms with Gasteiger partial charge in [-0.05, 0) is 35.4 Å². The van der Waals surface area contributed by atoms with Crippen LogP contribution in [0.15, 0.2) is 52.1 Å². The van der Waals surface area contributed by atoms with Gasteiger partial charge in [-0.2, -0.15) is 0 Å². The molecule has 2 aromatic carbocycles. The highest BCUT2D eigenvalue weighted by Crippen LogP contribution is 2.27. The number of oxime groups is 1. The molecule has 0 aliphatic carbocycles. The molecule has 0 saturated carbocycles. The number of esters is 1. The lowest BCUT2D eigenvalue weighted by molar-refractivity contribution is -0.132. The predicted octanol–water partition coefficient (Wildman–Crippen LogP) is 5.22. The molecular weight excluding hydrogens is 413 g/mol. The molecular formula is C19H16Cl3NO4. The molecule has 2 aromatic rings. The van der Waals surface area contributed by atoms with E-state index in [-0.39, 0.29) is 16.8 Å². The molecule has 0 unspecified atom stereocenters. The van der Waals surface area contributed by atoms with Crippen molar-refractivity contribution in [1.29, 1.82) is 0 Å². The van der Waals surface area contributed by atoms with E-state index in [0.717, 1.165) is 5.56 Å². The highest BCUT2D eigenvalue weighted by atomic mass is 35.5. The fourth-order valence-corrected chi connectivity index (χ4v) is 2.72. The lowest BCUT2D eigenvalue weighted by Crippen LogP contribution is -2.19. The van der Waals surface area contributed by atoms with Crippen LogP contribution in [-0.2, 0) is 21.0 Å². The molecule has 27 heavy (non-hydrogen) atoms. The topological polar surface area (TPSA) is 57.1 Å². The van der Waals surface area contributed by atoms with Crippen LogP contribution in [0.1, 0.15) is 16.7 Å². The Labute approximate surface area is 172 Å². The van der Waals surface area contributed by atoms with Crippen LogP contribution in [0.25, 0.3) is 6.08 Å². The van der Waals surface area contributed by atoms with Gasteiger partial charge >= 0.3 is 5.97 Å². The first-order valence-electron chi connectivity index (χ1n) is 7.69. The van der Waals surface area contributed by atoms with Crippen LogP contribution in [0.4, 0.5) is 0 Å². The van der Waals surface area contributed by atoms with Gasteiger partial charge in [-0.15, -0.1) is 0 Å². The summed E-state index contributed by atoms with van der Waals surface area (Å²) in [5, 5.41) is 4.21. The molecule has 2 rings (SSSR count). The number of benzene rings is 2. The number of hydrogen-bond donors (Lipinski definition) is 0.